The van der Waals surface area contributed by atoms with Gasteiger partial charge in [-0.3, -0.25) is 4.90 Å². The lowest BCUT2D eigenvalue weighted by Gasteiger charge is -2.37. The van der Waals surface area contributed by atoms with Gasteiger partial charge in [0.1, 0.15) is 5.75 Å². The minimum absolute atomic E-state index is 0.282. The summed E-state index contributed by atoms with van der Waals surface area (Å²) >= 11 is 0. The number of para-hydroxylation sites is 1. The van der Waals surface area contributed by atoms with E-state index in [-0.39, 0.29) is 6.04 Å². The highest BCUT2D eigenvalue weighted by Crippen LogP contribution is 2.38. The van der Waals surface area contributed by atoms with Gasteiger partial charge in [-0.1, -0.05) is 37.3 Å². The van der Waals surface area contributed by atoms with E-state index in [9.17, 15) is 0 Å². The minimum atomic E-state index is 0.282. The number of aromatic nitrogens is 1. The zero-order chi connectivity index (χ0) is 18.1. The van der Waals surface area contributed by atoms with Crippen LogP contribution in [-0.2, 0) is 0 Å². The van der Waals surface area contributed by atoms with Crippen LogP contribution in [0, 0.1) is 12.8 Å². The van der Waals surface area contributed by atoms with Crippen molar-refractivity contribution in [2.45, 2.75) is 32.7 Å². The molecule has 1 aliphatic heterocycles. The maximum Gasteiger partial charge on any atom is 0.118 e. The Balaban J connectivity index is 1.82. The van der Waals surface area contributed by atoms with Gasteiger partial charge in [0, 0.05) is 22.2 Å². The van der Waals surface area contributed by atoms with E-state index in [2.05, 4.69) is 72.3 Å². The largest absolute Gasteiger partial charge is 0.497 e. The summed E-state index contributed by atoms with van der Waals surface area (Å²) in [4.78, 5) is 6.25. The van der Waals surface area contributed by atoms with Gasteiger partial charge >= 0.3 is 0 Å². The van der Waals surface area contributed by atoms with E-state index in [1.165, 1.54) is 40.6 Å². The van der Waals surface area contributed by atoms with Crippen molar-refractivity contribution in [3.05, 3.63) is 65.4 Å². The van der Waals surface area contributed by atoms with E-state index in [1.54, 1.807) is 7.11 Å². The molecule has 0 bridgehead atoms. The normalized spacial score (nSPS) is 17.5. The van der Waals surface area contributed by atoms with Crippen LogP contribution in [0.1, 0.15) is 42.6 Å². The standard InChI is InChI=1S/C23H28N2O/c1-16-12-14-25(15-13-16)23(18-8-10-19(26-3)11-9-18)22-17(2)24-21-7-5-4-6-20(21)22/h4-11,16,23-24H,12-15H2,1-3H3. The number of H-pyrrole nitrogens is 1. The average molecular weight is 348 g/mol. The number of nitrogens with zero attached hydrogens (tertiary/aromatic N) is 1. The molecule has 3 heteroatoms. The summed E-state index contributed by atoms with van der Waals surface area (Å²) < 4.78 is 5.37. The monoisotopic (exact) mass is 348 g/mol. The van der Waals surface area contributed by atoms with Gasteiger partial charge in [-0.2, -0.15) is 0 Å². The molecule has 1 unspecified atom stereocenters. The number of aryl methyl sites for hydroxylation is 1. The lowest BCUT2D eigenvalue weighted by atomic mass is 9.90. The molecule has 0 spiro atoms. The number of methoxy groups -OCH3 is 1. The number of piperidine rings is 1. The fourth-order valence-electron chi connectivity index (χ4n) is 4.28. The quantitative estimate of drug-likeness (QED) is 0.692. The Morgan fingerprint density at radius 2 is 1.73 bits per heavy atom. The minimum Gasteiger partial charge on any atom is -0.497 e. The smallest absolute Gasteiger partial charge is 0.118 e. The zero-order valence-electron chi connectivity index (χ0n) is 16.0. The number of nitrogens with one attached hydrogen (secondary N) is 1. The molecule has 3 nitrogen and oxygen atoms in total. The van der Waals surface area contributed by atoms with Crippen molar-refractivity contribution in [2.24, 2.45) is 5.92 Å². The van der Waals surface area contributed by atoms with E-state index in [0.29, 0.717) is 0 Å². The molecule has 1 saturated heterocycles. The number of hydrogen-bond acceptors (Lipinski definition) is 2. The molecule has 136 valence electrons. The van der Waals surface area contributed by atoms with Gasteiger partial charge in [0.2, 0.25) is 0 Å². The third-order valence-corrected chi connectivity index (χ3v) is 5.83. The molecular formula is C23H28N2O. The molecule has 0 aliphatic carbocycles. The maximum atomic E-state index is 5.37. The molecule has 26 heavy (non-hydrogen) atoms. The van der Waals surface area contributed by atoms with Crippen LogP contribution in [-0.4, -0.2) is 30.1 Å². The predicted molar refractivity (Wildman–Crippen MR) is 108 cm³/mol. The van der Waals surface area contributed by atoms with Crippen molar-refractivity contribution in [3.8, 4) is 5.75 Å². The third kappa shape index (κ3) is 3.12. The summed E-state index contributed by atoms with van der Waals surface area (Å²) in [5.74, 6) is 1.74. The Kier molecular flexibility index (Phi) is 4.73. The summed E-state index contributed by atoms with van der Waals surface area (Å²) in [6.45, 7) is 6.88. The van der Waals surface area contributed by atoms with Crippen LogP contribution in [0.5, 0.6) is 5.75 Å². The molecule has 0 amide bonds. The summed E-state index contributed by atoms with van der Waals surface area (Å²) in [5.41, 5.74) is 5.25. The number of aromatic amines is 1. The van der Waals surface area contributed by atoms with Crippen LogP contribution in [0.15, 0.2) is 48.5 Å². The molecule has 3 aromatic rings. The summed E-state index contributed by atoms with van der Waals surface area (Å²) in [5, 5.41) is 1.34. The van der Waals surface area contributed by atoms with Gasteiger partial charge in [-0.25, -0.2) is 0 Å². The van der Waals surface area contributed by atoms with Crippen molar-refractivity contribution in [3.63, 3.8) is 0 Å². The number of fused-ring (bicyclic) bond motifs is 1. The van der Waals surface area contributed by atoms with Gasteiger partial charge in [-0.05, 0) is 62.5 Å². The van der Waals surface area contributed by atoms with Crippen molar-refractivity contribution >= 4 is 10.9 Å². The first-order valence-electron chi connectivity index (χ1n) is 9.62. The Bertz CT molecular complexity index is 873. The lowest BCUT2D eigenvalue weighted by Crippen LogP contribution is -2.37. The summed E-state index contributed by atoms with van der Waals surface area (Å²) in [6, 6.07) is 17.6. The van der Waals surface area contributed by atoms with Gasteiger partial charge < -0.3 is 9.72 Å². The zero-order valence-corrected chi connectivity index (χ0v) is 16.0. The van der Waals surface area contributed by atoms with Crippen LogP contribution in [0.4, 0.5) is 0 Å². The molecule has 4 rings (SSSR count). The van der Waals surface area contributed by atoms with Crippen molar-refractivity contribution in [2.75, 3.05) is 20.2 Å². The topological polar surface area (TPSA) is 28.3 Å². The van der Waals surface area contributed by atoms with Crippen molar-refractivity contribution in [1.29, 1.82) is 0 Å². The molecule has 0 saturated carbocycles. The second kappa shape index (κ2) is 7.16. The van der Waals surface area contributed by atoms with E-state index in [4.69, 9.17) is 4.74 Å². The predicted octanol–water partition coefficient (Wildman–Crippen LogP) is 5.31. The molecule has 1 N–H and O–H groups in total. The first-order valence-corrected chi connectivity index (χ1v) is 9.62. The first kappa shape index (κ1) is 17.2. The van der Waals surface area contributed by atoms with Gasteiger partial charge in [0.25, 0.3) is 0 Å². The third-order valence-electron chi connectivity index (χ3n) is 5.83. The van der Waals surface area contributed by atoms with Crippen LogP contribution < -0.4 is 4.74 Å². The van der Waals surface area contributed by atoms with E-state index in [0.717, 1.165) is 24.8 Å². The number of rotatable bonds is 4. The Morgan fingerprint density at radius 1 is 1.04 bits per heavy atom. The highest BCUT2D eigenvalue weighted by atomic mass is 16.5. The summed E-state index contributed by atoms with van der Waals surface area (Å²) in [6.07, 6.45) is 2.54. The molecule has 1 aromatic heterocycles. The highest BCUT2D eigenvalue weighted by molar-refractivity contribution is 5.85. The molecular weight excluding hydrogens is 320 g/mol. The van der Waals surface area contributed by atoms with E-state index in [1.807, 2.05) is 0 Å². The fourth-order valence-corrected chi connectivity index (χ4v) is 4.28. The van der Waals surface area contributed by atoms with Gasteiger partial charge in [0.15, 0.2) is 0 Å². The number of hydrogen-bond donors (Lipinski definition) is 1. The van der Waals surface area contributed by atoms with E-state index < -0.39 is 0 Å². The first-order chi connectivity index (χ1) is 12.7. The average Bonchev–Trinajstić information content (AvgIpc) is 3.00. The number of likely N-dealkylation sites (tertiary alicyclic amines) is 1. The molecule has 1 fully saturated rings. The van der Waals surface area contributed by atoms with Crippen molar-refractivity contribution < 1.29 is 4.74 Å². The van der Waals surface area contributed by atoms with Crippen LogP contribution in [0.2, 0.25) is 0 Å². The maximum absolute atomic E-state index is 5.37. The SMILES string of the molecule is COc1ccc(C(c2c(C)[nH]c3ccccc23)N2CCC(C)CC2)cc1. The molecule has 2 heterocycles. The van der Waals surface area contributed by atoms with Gasteiger partial charge in [-0.15, -0.1) is 0 Å². The highest BCUT2D eigenvalue weighted by Gasteiger charge is 2.29. The Hall–Kier alpha value is -2.26. The second-order valence-corrected chi connectivity index (χ2v) is 7.60. The number of benzene rings is 2. The molecule has 1 atom stereocenters. The molecule has 2 aromatic carbocycles. The fraction of sp³-hybridized carbons (Fsp3) is 0.391. The Labute approximate surface area is 156 Å². The molecule has 1 aliphatic rings. The van der Waals surface area contributed by atoms with Crippen LogP contribution in [0.25, 0.3) is 10.9 Å². The number of ether oxygens (including phenoxy) is 1. The summed E-state index contributed by atoms with van der Waals surface area (Å²) in [7, 11) is 1.72. The molecule has 0 radical (unpaired) electrons. The van der Waals surface area contributed by atoms with Gasteiger partial charge in [0.05, 0.1) is 13.2 Å². The van der Waals surface area contributed by atoms with E-state index >= 15 is 0 Å². The van der Waals surface area contributed by atoms with Crippen LogP contribution >= 0.6 is 0 Å². The lowest BCUT2D eigenvalue weighted by molar-refractivity contribution is 0.158. The second-order valence-electron chi connectivity index (χ2n) is 7.60. The Morgan fingerprint density at radius 3 is 2.42 bits per heavy atom. The van der Waals surface area contributed by atoms with Crippen LogP contribution in [0.3, 0.4) is 0 Å². The van der Waals surface area contributed by atoms with Crippen molar-refractivity contribution in [1.82, 2.24) is 9.88 Å².